The highest BCUT2D eigenvalue weighted by atomic mass is 16.2. The zero-order valence-electron chi connectivity index (χ0n) is 13.7. The second kappa shape index (κ2) is 6.62. The first-order chi connectivity index (χ1) is 11.3. The minimum absolute atomic E-state index is 0.201. The van der Waals surface area contributed by atoms with Gasteiger partial charge in [0.2, 0.25) is 5.91 Å². The van der Waals surface area contributed by atoms with Crippen molar-refractivity contribution in [3.8, 4) is 0 Å². The summed E-state index contributed by atoms with van der Waals surface area (Å²) in [5, 5.41) is 3.56. The molecular weight excluding hydrogens is 286 g/mol. The zero-order chi connectivity index (χ0) is 15.6. The fourth-order valence-electron chi connectivity index (χ4n) is 4.13. The van der Waals surface area contributed by atoms with Gasteiger partial charge in [0.25, 0.3) is 0 Å². The number of rotatable bonds is 5. The molecule has 4 rings (SSSR count). The normalized spacial score (nSPS) is 30.6. The molecule has 2 aliphatic carbocycles. The molecule has 2 saturated carbocycles. The van der Waals surface area contributed by atoms with Gasteiger partial charge in [-0.3, -0.25) is 10.2 Å². The van der Waals surface area contributed by atoms with Gasteiger partial charge in [0.05, 0.1) is 0 Å². The zero-order valence-corrected chi connectivity index (χ0v) is 13.7. The average molecular weight is 313 g/mol. The first-order valence-corrected chi connectivity index (χ1v) is 9.16. The van der Waals surface area contributed by atoms with Gasteiger partial charge < -0.3 is 5.32 Å². The summed E-state index contributed by atoms with van der Waals surface area (Å²) in [6.07, 6.45) is 8.36. The smallest absolute Gasteiger partial charge is 0.237 e. The molecule has 3 fully saturated rings. The minimum Gasteiger partial charge on any atom is -0.310 e. The predicted molar refractivity (Wildman–Crippen MR) is 90.5 cm³/mol. The number of hydrogen-bond acceptors (Lipinski definition) is 3. The lowest BCUT2D eigenvalue weighted by Crippen LogP contribution is -2.60. The number of nitrogens with one attached hydrogen (secondary N) is 3. The van der Waals surface area contributed by atoms with E-state index < -0.39 is 0 Å². The second-order valence-electron chi connectivity index (χ2n) is 7.47. The molecule has 4 heteroatoms. The van der Waals surface area contributed by atoms with Crippen LogP contribution in [0.4, 0.5) is 0 Å². The summed E-state index contributed by atoms with van der Waals surface area (Å²) in [5.41, 5.74) is 8.89. The van der Waals surface area contributed by atoms with E-state index in [0.29, 0.717) is 12.0 Å². The van der Waals surface area contributed by atoms with Crippen LogP contribution < -0.4 is 16.2 Å². The number of carbonyl (C=O) groups excluding carboxylic acids is 1. The van der Waals surface area contributed by atoms with Crippen LogP contribution in [0.15, 0.2) is 24.3 Å². The molecule has 23 heavy (non-hydrogen) atoms. The van der Waals surface area contributed by atoms with E-state index in [-0.39, 0.29) is 11.8 Å². The molecule has 3 N–H and O–H groups in total. The van der Waals surface area contributed by atoms with Crippen molar-refractivity contribution in [2.75, 3.05) is 0 Å². The summed E-state index contributed by atoms with van der Waals surface area (Å²) in [4.78, 5) is 12.0. The largest absolute Gasteiger partial charge is 0.310 e. The van der Waals surface area contributed by atoms with Gasteiger partial charge in [-0.1, -0.05) is 37.1 Å². The molecule has 0 spiro atoms. The van der Waals surface area contributed by atoms with Gasteiger partial charge in [0.15, 0.2) is 0 Å². The van der Waals surface area contributed by atoms with Crippen LogP contribution in [0.5, 0.6) is 0 Å². The van der Waals surface area contributed by atoms with Crippen LogP contribution in [0.1, 0.15) is 49.7 Å². The van der Waals surface area contributed by atoms with Gasteiger partial charge in [-0.05, 0) is 49.1 Å². The molecule has 1 amide bonds. The maximum absolute atomic E-state index is 12.0. The highest BCUT2D eigenvalue weighted by molar-refractivity contribution is 5.79. The van der Waals surface area contributed by atoms with Crippen molar-refractivity contribution in [1.82, 2.24) is 16.2 Å². The first kappa shape index (κ1) is 15.2. The summed E-state index contributed by atoms with van der Waals surface area (Å²) >= 11 is 0. The Morgan fingerprint density at radius 1 is 1.00 bits per heavy atom. The van der Waals surface area contributed by atoms with E-state index in [2.05, 4.69) is 40.4 Å². The van der Waals surface area contributed by atoms with E-state index in [1.54, 1.807) is 0 Å². The summed E-state index contributed by atoms with van der Waals surface area (Å²) in [6, 6.07) is 10.1. The molecular formula is C19H27N3O. The molecule has 1 aliphatic heterocycles. The number of amides is 1. The third-order valence-electron chi connectivity index (χ3n) is 5.70. The van der Waals surface area contributed by atoms with Gasteiger partial charge in [-0.15, -0.1) is 0 Å². The van der Waals surface area contributed by atoms with Crippen LogP contribution >= 0.6 is 0 Å². The molecule has 3 atom stereocenters. The third kappa shape index (κ3) is 3.59. The number of hydrogen-bond donors (Lipinski definition) is 3. The van der Waals surface area contributed by atoms with Crippen LogP contribution in [0.3, 0.4) is 0 Å². The Morgan fingerprint density at radius 2 is 1.74 bits per heavy atom. The number of carbonyl (C=O) groups is 1. The third-order valence-corrected chi connectivity index (χ3v) is 5.70. The lowest BCUT2D eigenvalue weighted by atomic mass is 9.72. The van der Waals surface area contributed by atoms with E-state index in [1.165, 1.54) is 43.2 Å². The highest BCUT2D eigenvalue weighted by Gasteiger charge is 2.39. The lowest BCUT2D eigenvalue weighted by Gasteiger charge is -2.41. The van der Waals surface area contributed by atoms with Crippen molar-refractivity contribution >= 4 is 5.91 Å². The molecule has 1 saturated heterocycles. The van der Waals surface area contributed by atoms with Crippen molar-refractivity contribution in [3.05, 3.63) is 35.4 Å². The Hall–Kier alpha value is -1.39. The Kier molecular flexibility index (Phi) is 4.36. The molecule has 4 nitrogen and oxygen atoms in total. The van der Waals surface area contributed by atoms with Crippen molar-refractivity contribution < 1.29 is 4.79 Å². The van der Waals surface area contributed by atoms with Gasteiger partial charge in [-0.25, -0.2) is 5.43 Å². The van der Waals surface area contributed by atoms with E-state index in [1.807, 2.05) is 0 Å². The van der Waals surface area contributed by atoms with Crippen LogP contribution in [0.25, 0.3) is 0 Å². The summed E-state index contributed by atoms with van der Waals surface area (Å²) in [7, 11) is 0. The Labute approximate surface area is 138 Å². The molecule has 3 unspecified atom stereocenters. The molecule has 0 radical (unpaired) electrons. The number of fused-ring (bicyclic) bond motifs is 1. The summed E-state index contributed by atoms with van der Waals surface area (Å²) in [5.74, 6) is 0.915. The Morgan fingerprint density at radius 3 is 2.52 bits per heavy atom. The standard InChI is InChI=1S/C19H27N3O/c23-19-17-4-2-1-3-16(17)18(21-22-19)11-13-5-7-14(8-6-13)12-20-15-9-10-15/h5-8,15-18,20-21H,1-4,9-12H2,(H,22,23). The van der Waals surface area contributed by atoms with Gasteiger partial charge in [0.1, 0.15) is 0 Å². The average Bonchev–Trinajstić information content (AvgIpc) is 3.41. The Balaban J connectivity index is 1.37. The summed E-state index contributed by atoms with van der Waals surface area (Å²) in [6.45, 7) is 0.980. The van der Waals surface area contributed by atoms with E-state index >= 15 is 0 Å². The van der Waals surface area contributed by atoms with Gasteiger partial charge in [-0.2, -0.15) is 0 Å². The van der Waals surface area contributed by atoms with Crippen LogP contribution in [-0.2, 0) is 17.8 Å². The van der Waals surface area contributed by atoms with Crippen molar-refractivity contribution in [2.24, 2.45) is 11.8 Å². The maximum Gasteiger partial charge on any atom is 0.237 e. The topological polar surface area (TPSA) is 53.2 Å². The van der Waals surface area contributed by atoms with E-state index in [0.717, 1.165) is 25.4 Å². The van der Waals surface area contributed by atoms with Crippen molar-refractivity contribution in [2.45, 2.75) is 63.6 Å². The van der Waals surface area contributed by atoms with Crippen molar-refractivity contribution in [1.29, 1.82) is 0 Å². The Bertz CT molecular complexity index is 552. The van der Waals surface area contributed by atoms with E-state index in [9.17, 15) is 4.79 Å². The fraction of sp³-hybridized carbons (Fsp3) is 0.632. The van der Waals surface area contributed by atoms with Crippen LogP contribution in [0, 0.1) is 11.8 Å². The first-order valence-electron chi connectivity index (χ1n) is 9.16. The number of hydrazine groups is 1. The molecule has 0 bridgehead atoms. The highest BCUT2D eigenvalue weighted by Crippen LogP contribution is 2.35. The molecule has 124 valence electrons. The molecule has 1 aromatic carbocycles. The van der Waals surface area contributed by atoms with Gasteiger partial charge in [0, 0.05) is 24.5 Å². The predicted octanol–water partition coefficient (Wildman–Crippen LogP) is 2.29. The molecule has 0 aromatic heterocycles. The SMILES string of the molecule is O=C1NNC(Cc2ccc(CNC3CC3)cc2)C2CCCCC12. The van der Waals surface area contributed by atoms with E-state index in [4.69, 9.17) is 0 Å². The van der Waals surface area contributed by atoms with Crippen molar-refractivity contribution in [3.63, 3.8) is 0 Å². The second-order valence-corrected chi connectivity index (χ2v) is 7.47. The quantitative estimate of drug-likeness (QED) is 0.782. The minimum atomic E-state index is 0.201. The summed E-state index contributed by atoms with van der Waals surface area (Å²) < 4.78 is 0. The fourth-order valence-corrected chi connectivity index (χ4v) is 4.13. The maximum atomic E-state index is 12.0. The molecule has 1 heterocycles. The molecule has 3 aliphatic rings. The monoisotopic (exact) mass is 313 g/mol. The number of benzene rings is 1. The van der Waals surface area contributed by atoms with Crippen LogP contribution in [0.2, 0.25) is 0 Å². The molecule has 1 aromatic rings. The lowest BCUT2D eigenvalue weighted by molar-refractivity contribution is -0.133. The van der Waals surface area contributed by atoms with Gasteiger partial charge >= 0.3 is 0 Å². The van der Waals surface area contributed by atoms with Crippen LogP contribution in [-0.4, -0.2) is 18.0 Å².